The fourth-order valence-electron chi connectivity index (χ4n) is 1.12. The lowest BCUT2D eigenvalue weighted by molar-refractivity contribution is -0.137. The molecule has 1 aliphatic rings. The monoisotopic (exact) mass is 236 g/mol. The molecule has 0 radical (unpaired) electrons. The number of pyridine rings is 1. The molecule has 1 fully saturated rings. The third-order valence-corrected chi connectivity index (χ3v) is 2.37. The Morgan fingerprint density at radius 1 is 1.40 bits per heavy atom. The highest BCUT2D eigenvalue weighted by Gasteiger charge is 2.32. The van der Waals surface area contributed by atoms with E-state index in [1.165, 1.54) is 0 Å². The molecule has 1 aromatic rings. The van der Waals surface area contributed by atoms with Crippen LogP contribution in [0.5, 0.6) is 0 Å². The Bertz CT molecular complexity index is 374. The van der Waals surface area contributed by atoms with Gasteiger partial charge in [-0.25, -0.2) is 4.98 Å². The first-order valence-electron chi connectivity index (χ1n) is 4.46. The number of halogens is 4. The van der Waals surface area contributed by atoms with E-state index in [9.17, 15) is 13.2 Å². The molecule has 0 amide bonds. The lowest BCUT2D eigenvalue weighted by Gasteiger charge is -2.09. The van der Waals surface area contributed by atoms with Crippen molar-refractivity contribution in [2.75, 3.05) is 5.32 Å². The first kappa shape index (κ1) is 10.5. The molecule has 1 aliphatic carbocycles. The third kappa shape index (κ3) is 2.53. The molecule has 0 saturated heterocycles. The van der Waals surface area contributed by atoms with Crippen LogP contribution in [0.4, 0.5) is 19.0 Å². The van der Waals surface area contributed by atoms with Gasteiger partial charge in [0.05, 0.1) is 10.6 Å². The lowest BCUT2D eigenvalue weighted by Crippen LogP contribution is -2.08. The van der Waals surface area contributed by atoms with Crippen LogP contribution >= 0.6 is 11.6 Å². The molecule has 1 saturated carbocycles. The Labute approximate surface area is 89.5 Å². The zero-order valence-corrected chi connectivity index (χ0v) is 8.36. The van der Waals surface area contributed by atoms with Crippen molar-refractivity contribution < 1.29 is 13.2 Å². The molecule has 1 N–H and O–H groups in total. The average molecular weight is 237 g/mol. The molecule has 82 valence electrons. The van der Waals surface area contributed by atoms with Crippen molar-refractivity contribution in [1.29, 1.82) is 0 Å². The van der Waals surface area contributed by atoms with Crippen LogP contribution in [-0.2, 0) is 6.18 Å². The van der Waals surface area contributed by atoms with Crippen molar-refractivity contribution in [3.63, 3.8) is 0 Å². The van der Waals surface area contributed by atoms with E-state index >= 15 is 0 Å². The smallest absolute Gasteiger partial charge is 0.366 e. The Balaban J connectivity index is 2.21. The van der Waals surface area contributed by atoms with Gasteiger partial charge in [0, 0.05) is 12.2 Å². The standard InChI is InChI=1S/C9H8ClF3N2/c10-7-3-5(9(11,12)13)4-14-8(7)15-6-1-2-6/h3-4,6H,1-2H2,(H,14,15). The number of nitrogens with zero attached hydrogens (tertiary/aromatic N) is 1. The molecule has 2 nitrogen and oxygen atoms in total. The summed E-state index contributed by atoms with van der Waals surface area (Å²) in [7, 11) is 0. The SMILES string of the molecule is FC(F)(F)c1cnc(NC2CC2)c(Cl)c1. The Morgan fingerprint density at radius 3 is 2.53 bits per heavy atom. The van der Waals surface area contributed by atoms with Gasteiger partial charge in [0.25, 0.3) is 0 Å². The number of hydrogen-bond acceptors (Lipinski definition) is 2. The van der Waals surface area contributed by atoms with Crippen molar-refractivity contribution in [1.82, 2.24) is 4.98 Å². The fourth-order valence-corrected chi connectivity index (χ4v) is 1.34. The first-order chi connectivity index (χ1) is 6.97. The minimum Gasteiger partial charge on any atom is -0.366 e. The number of nitrogens with one attached hydrogen (secondary N) is 1. The maximum atomic E-state index is 12.3. The van der Waals surface area contributed by atoms with E-state index in [0.29, 0.717) is 11.9 Å². The van der Waals surface area contributed by atoms with Gasteiger partial charge in [0.15, 0.2) is 0 Å². The first-order valence-corrected chi connectivity index (χ1v) is 4.84. The summed E-state index contributed by atoms with van der Waals surface area (Å²) in [5, 5.41) is 2.96. The Morgan fingerprint density at radius 2 is 2.07 bits per heavy atom. The zero-order chi connectivity index (χ0) is 11.1. The van der Waals surface area contributed by atoms with E-state index in [1.54, 1.807) is 0 Å². The van der Waals surface area contributed by atoms with Gasteiger partial charge < -0.3 is 5.32 Å². The van der Waals surface area contributed by atoms with E-state index in [2.05, 4.69) is 10.3 Å². The fraction of sp³-hybridized carbons (Fsp3) is 0.444. The number of rotatable bonds is 2. The molecule has 1 aromatic heterocycles. The quantitative estimate of drug-likeness (QED) is 0.852. The van der Waals surface area contributed by atoms with E-state index in [-0.39, 0.29) is 5.02 Å². The highest BCUT2D eigenvalue weighted by Crippen LogP contribution is 2.33. The summed E-state index contributed by atoms with van der Waals surface area (Å²) in [4.78, 5) is 3.66. The number of hydrogen-bond donors (Lipinski definition) is 1. The summed E-state index contributed by atoms with van der Waals surface area (Å²) in [5.74, 6) is 0.326. The minimum absolute atomic E-state index is 0.0109. The van der Waals surface area contributed by atoms with Crippen molar-refractivity contribution >= 4 is 17.4 Å². The van der Waals surface area contributed by atoms with Crippen molar-refractivity contribution in [2.24, 2.45) is 0 Å². The molecule has 0 atom stereocenters. The Hall–Kier alpha value is -0.970. The van der Waals surface area contributed by atoms with Crippen LogP contribution in [0.1, 0.15) is 18.4 Å². The van der Waals surface area contributed by atoms with Crippen LogP contribution in [0.3, 0.4) is 0 Å². The van der Waals surface area contributed by atoms with E-state index in [0.717, 1.165) is 25.1 Å². The summed E-state index contributed by atoms with van der Waals surface area (Å²) in [6.07, 6.45) is -1.58. The molecule has 0 aromatic carbocycles. The van der Waals surface area contributed by atoms with Crippen LogP contribution in [0.15, 0.2) is 12.3 Å². The zero-order valence-electron chi connectivity index (χ0n) is 7.61. The van der Waals surface area contributed by atoms with Gasteiger partial charge in [-0.05, 0) is 18.9 Å². The molecule has 0 bridgehead atoms. The maximum absolute atomic E-state index is 12.3. The van der Waals surface area contributed by atoms with Crippen LogP contribution in [0.25, 0.3) is 0 Å². The maximum Gasteiger partial charge on any atom is 0.417 e. The van der Waals surface area contributed by atoms with Crippen LogP contribution in [0, 0.1) is 0 Å². The third-order valence-electron chi connectivity index (χ3n) is 2.09. The molecule has 15 heavy (non-hydrogen) atoms. The number of anilines is 1. The van der Waals surface area contributed by atoms with Crippen LogP contribution in [-0.4, -0.2) is 11.0 Å². The second kappa shape index (κ2) is 3.56. The van der Waals surface area contributed by atoms with Gasteiger partial charge in [0.2, 0.25) is 0 Å². The number of aromatic nitrogens is 1. The number of alkyl halides is 3. The lowest BCUT2D eigenvalue weighted by atomic mass is 10.3. The van der Waals surface area contributed by atoms with Crippen molar-refractivity contribution in [3.8, 4) is 0 Å². The minimum atomic E-state index is -4.39. The average Bonchev–Trinajstić information content (AvgIpc) is 2.90. The van der Waals surface area contributed by atoms with E-state index in [4.69, 9.17) is 11.6 Å². The summed E-state index contributed by atoms with van der Waals surface area (Å²) in [6, 6.07) is 1.20. The molecule has 0 unspecified atom stereocenters. The normalized spacial score (nSPS) is 16.5. The van der Waals surface area contributed by atoms with E-state index < -0.39 is 11.7 Å². The molecule has 0 aliphatic heterocycles. The summed E-state index contributed by atoms with van der Waals surface area (Å²) >= 11 is 5.68. The van der Waals surface area contributed by atoms with E-state index in [1.807, 2.05) is 0 Å². The second-order valence-electron chi connectivity index (χ2n) is 3.47. The van der Waals surface area contributed by atoms with Gasteiger partial charge in [-0.15, -0.1) is 0 Å². The highest BCUT2D eigenvalue weighted by atomic mass is 35.5. The molecule has 6 heteroatoms. The van der Waals surface area contributed by atoms with Gasteiger partial charge in [-0.3, -0.25) is 0 Å². The molecule has 0 spiro atoms. The van der Waals surface area contributed by atoms with Gasteiger partial charge in [-0.2, -0.15) is 13.2 Å². The highest BCUT2D eigenvalue weighted by molar-refractivity contribution is 6.33. The van der Waals surface area contributed by atoms with Crippen LogP contribution < -0.4 is 5.32 Å². The van der Waals surface area contributed by atoms with Gasteiger partial charge in [-0.1, -0.05) is 11.6 Å². The predicted molar refractivity (Wildman–Crippen MR) is 50.9 cm³/mol. The predicted octanol–water partition coefficient (Wildman–Crippen LogP) is 3.33. The van der Waals surface area contributed by atoms with Crippen LogP contribution in [0.2, 0.25) is 5.02 Å². The molecule has 2 rings (SSSR count). The van der Waals surface area contributed by atoms with Gasteiger partial charge >= 0.3 is 6.18 Å². The Kier molecular flexibility index (Phi) is 2.50. The van der Waals surface area contributed by atoms with Gasteiger partial charge in [0.1, 0.15) is 5.82 Å². The van der Waals surface area contributed by atoms with Crippen molar-refractivity contribution in [2.45, 2.75) is 25.1 Å². The summed E-state index contributed by atoms with van der Waals surface area (Å²) in [5.41, 5.74) is -0.825. The second-order valence-corrected chi connectivity index (χ2v) is 3.88. The molecular weight excluding hydrogens is 229 g/mol. The summed E-state index contributed by atoms with van der Waals surface area (Å²) < 4.78 is 36.8. The molecule has 1 heterocycles. The largest absolute Gasteiger partial charge is 0.417 e. The molecular formula is C9H8ClF3N2. The van der Waals surface area contributed by atoms with Crippen molar-refractivity contribution in [3.05, 3.63) is 22.8 Å². The summed E-state index contributed by atoms with van der Waals surface area (Å²) in [6.45, 7) is 0. The topological polar surface area (TPSA) is 24.9 Å².